The van der Waals surface area contributed by atoms with Crippen molar-refractivity contribution in [2.75, 3.05) is 0 Å². The highest BCUT2D eigenvalue weighted by atomic mass is 16.5. The van der Waals surface area contributed by atoms with Crippen LogP contribution in [-0.4, -0.2) is 9.13 Å². The van der Waals surface area contributed by atoms with Crippen LogP contribution in [0.4, 0.5) is 0 Å². The van der Waals surface area contributed by atoms with Gasteiger partial charge in [0.25, 0.3) is 22.2 Å². The number of rotatable bonds is 22. The van der Waals surface area contributed by atoms with Crippen LogP contribution in [0.2, 0.25) is 0 Å². The molecule has 0 aliphatic heterocycles. The summed E-state index contributed by atoms with van der Waals surface area (Å²) in [5.74, 6) is 1.62. The number of aryl methyl sites for hydroxylation is 2. The molecule has 3 heterocycles. The molecule has 11 aromatic carbocycles. The van der Waals surface area contributed by atoms with Crippen LogP contribution < -0.4 is 31.7 Å². The Morgan fingerprint density at radius 3 is 1.07 bits per heavy atom. The highest BCUT2D eigenvalue weighted by molar-refractivity contribution is 6.45. The van der Waals surface area contributed by atoms with E-state index >= 15 is 19.2 Å². The highest BCUT2D eigenvalue weighted by Crippen LogP contribution is 2.54. The summed E-state index contributed by atoms with van der Waals surface area (Å²) in [5.41, 5.74) is 3.48. The van der Waals surface area contributed by atoms with Crippen LogP contribution in [0.15, 0.2) is 210 Å². The van der Waals surface area contributed by atoms with Crippen LogP contribution in [0.5, 0.6) is 23.0 Å². The van der Waals surface area contributed by atoms with Gasteiger partial charge in [0, 0.05) is 53.9 Å². The third-order valence-corrected chi connectivity index (χ3v) is 18.7. The fourth-order valence-electron chi connectivity index (χ4n) is 14.0. The van der Waals surface area contributed by atoms with E-state index in [1.807, 2.05) is 147 Å². The number of para-hydroxylation sites is 2. The van der Waals surface area contributed by atoms with E-state index in [-0.39, 0.29) is 32.7 Å². The van der Waals surface area contributed by atoms with Gasteiger partial charge in [-0.25, -0.2) is 0 Å². The SMILES string of the molecule is CCCCCCCCc1ccc(Oc2cc3c(=O)n(C(C)c4ccccc4)c(=O)c4cc5oc6ccccc6c6ccccc6oc6cc7c(=O)n(C(C)c8ccccc8)c(=O)c8cc(Oc9ccc(CCCCCCCC)cc9)c9c2c(c34)c5c6c9c87)cc1. The molecule has 0 aliphatic rings. The number of ether oxygens (including phenoxy) is 2. The molecule has 90 heavy (non-hydrogen) atoms. The molecule has 2 unspecified atom stereocenters. The van der Waals surface area contributed by atoms with Gasteiger partial charge in [0.05, 0.1) is 33.6 Å². The van der Waals surface area contributed by atoms with Crippen molar-refractivity contribution in [1.29, 1.82) is 0 Å². The van der Waals surface area contributed by atoms with Crippen LogP contribution in [0.3, 0.4) is 0 Å². The zero-order chi connectivity index (χ0) is 61.6. The van der Waals surface area contributed by atoms with E-state index in [0.717, 1.165) is 60.4 Å². The molecule has 0 N–H and O–H groups in total. The molecule has 10 heteroatoms. The molecule has 0 fully saturated rings. The van der Waals surface area contributed by atoms with Crippen molar-refractivity contribution in [2.24, 2.45) is 0 Å². The lowest BCUT2D eigenvalue weighted by atomic mass is 9.84. The molecule has 2 atom stereocenters. The van der Waals surface area contributed by atoms with E-state index in [1.54, 1.807) is 24.3 Å². The lowest BCUT2D eigenvalue weighted by molar-refractivity contribution is 0.484. The van der Waals surface area contributed by atoms with Crippen molar-refractivity contribution < 1.29 is 18.3 Å². The molecule has 450 valence electrons. The Morgan fingerprint density at radius 2 is 0.678 bits per heavy atom. The van der Waals surface area contributed by atoms with E-state index < -0.39 is 34.3 Å². The van der Waals surface area contributed by atoms with Gasteiger partial charge < -0.3 is 18.3 Å². The maximum Gasteiger partial charge on any atom is 0.262 e. The quantitative estimate of drug-likeness (QED) is 0.0373. The van der Waals surface area contributed by atoms with Crippen LogP contribution in [0.25, 0.3) is 97.7 Å². The number of nitrogens with zero attached hydrogens (tertiary/aromatic N) is 2. The molecule has 0 amide bonds. The second kappa shape index (κ2) is 24.6. The Morgan fingerprint density at radius 1 is 0.333 bits per heavy atom. The van der Waals surface area contributed by atoms with Crippen LogP contribution >= 0.6 is 0 Å². The minimum Gasteiger partial charge on any atom is -0.457 e. The molecule has 0 spiro atoms. The van der Waals surface area contributed by atoms with Gasteiger partial charge in [-0.3, -0.25) is 28.3 Å². The zero-order valence-electron chi connectivity index (χ0n) is 51.5. The van der Waals surface area contributed by atoms with Gasteiger partial charge in [0.1, 0.15) is 45.3 Å². The summed E-state index contributed by atoms with van der Waals surface area (Å²) in [4.78, 5) is 63.4. The van der Waals surface area contributed by atoms with Crippen LogP contribution in [0.1, 0.15) is 139 Å². The number of unbranched alkanes of at least 4 members (excludes halogenated alkanes) is 10. The smallest absolute Gasteiger partial charge is 0.262 e. The van der Waals surface area contributed by atoms with Crippen molar-refractivity contribution in [3.8, 4) is 23.0 Å². The molecule has 0 saturated carbocycles. The fourth-order valence-corrected chi connectivity index (χ4v) is 14.0. The van der Waals surface area contributed by atoms with Gasteiger partial charge in [0.2, 0.25) is 0 Å². The number of fused-ring (bicyclic) bond motifs is 4. The largest absolute Gasteiger partial charge is 0.457 e. The normalized spacial score (nSPS) is 12.7. The van der Waals surface area contributed by atoms with Crippen molar-refractivity contribution in [3.05, 3.63) is 246 Å². The third-order valence-electron chi connectivity index (χ3n) is 18.7. The molecule has 0 radical (unpaired) electrons. The second-order valence-electron chi connectivity index (χ2n) is 24.5. The molecule has 0 aliphatic carbocycles. The number of hydrogen-bond acceptors (Lipinski definition) is 8. The summed E-state index contributed by atoms with van der Waals surface area (Å²) in [5, 5.41) is 6.16. The maximum atomic E-state index is 15.9. The Balaban J connectivity index is 1.15. The van der Waals surface area contributed by atoms with E-state index in [2.05, 4.69) is 38.1 Å². The van der Waals surface area contributed by atoms with E-state index in [1.165, 1.54) is 71.6 Å². The van der Waals surface area contributed by atoms with Gasteiger partial charge in [-0.15, -0.1) is 0 Å². The average Bonchev–Trinajstić information content (AvgIpc) is 0.677. The summed E-state index contributed by atoms with van der Waals surface area (Å²) in [6, 6.07) is 56.5. The number of hydrogen-bond donors (Lipinski definition) is 0. The van der Waals surface area contributed by atoms with E-state index in [4.69, 9.17) is 18.3 Å². The van der Waals surface area contributed by atoms with Crippen molar-refractivity contribution in [1.82, 2.24) is 9.13 Å². The Kier molecular flexibility index (Phi) is 15.9. The molecule has 0 bridgehead atoms. The van der Waals surface area contributed by atoms with Gasteiger partial charge in [-0.1, -0.05) is 199 Å². The number of aromatic nitrogens is 2. The topological polar surface area (TPSA) is 123 Å². The molecule has 14 aromatic rings. The van der Waals surface area contributed by atoms with Crippen molar-refractivity contribution in [3.63, 3.8) is 0 Å². The Labute approximate surface area is 520 Å². The van der Waals surface area contributed by atoms with Gasteiger partial charge in [-0.2, -0.15) is 0 Å². The Hall–Kier alpha value is -9.80. The summed E-state index contributed by atoms with van der Waals surface area (Å²) in [7, 11) is 0. The molecule has 14 rings (SSSR count). The van der Waals surface area contributed by atoms with Crippen LogP contribution in [0, 0.1) is 0 Å². The summed E-state index contributed by atoms with van der Waals surface area (Å²) in [6.45, 7) is 8.21. The lowest BCUT2D eigenvalue weighted by Gasteiger charge is -2.24. The molecule has 10 nitrogen and oxygen atoms in total. The zero-order valence-corrected chi connectivity index (χ0v) is 51.5. The Bertz CT molecular complexity index is 4950. The predicted octanol–water partition coefficient (Wildman–Crippen LogP) is 20.3. The summed E-state index contributed by atoms with van der Waals surface area (Å²) in [6.07, 6.45) is 16.1. The van der Waals surface area contributed by atoms with E-state index in [0.29, 0.717) is 77.3 Å². The van der Waals surface area contributed by atoms with Crippen molar-refractivity contribution in [2.45, 2.75) is 130 Å². The average molecular weight is 1190 g/mol. The third kappa shape index (κ3) is 10.4. The van der Waals surface area contributed by atoms with Gasteiger partial charge in [0.15, 0.2) is 0 Å². The molecule has 0 saturated heterocycles. The highest BCUT2D eigenvalue weighted by Gasteiger charge is 2.32. The monoisotopic (exact) mass is 1190 g/mol. The molecule has 3 aromatic heterocycles. The minimum absolute atomic E-state index is 0.249. The van der Waals surface area contributed by atoms with E-state index in [9.17, 15) is 0 Å². The predicted molar refractivity (Wildman–Crippen MR) is 368 cm³/mol. The fraction of sp³-hybridized carbons (Fsp3) is 0.250. The lowest BCUT2D eigenvalue weighted by Crippen LogP contribution is -2.36. The maximum absolute atomic E-state index is 15.9. The first-order valence-electron chi connectivity index (χ1n) is 32.4. The first-order valence-corrected chi connectivity index (χ1v) is 32.4. The van der Waals surface area contributed by atoms with Gasteiger partial charge in [-0.05, 0) is 122 Å². The summed E-state index contributed by atoms with van der Waals surface area (Å²) >= 11 is 0. The minimum atomic E-state index is -0.675. The standard InChI is InChI=1S/C80H72N2O8/c1-5-7-9-11-13-17-27-51-37-41-55(42-38-51)87-65-45-59-69-61(79(85)81(77(59)83)49(3)53-29-19-15-20-30-53)47-67-73-74-68(90-64-36-26-24-34-58(64)57-33-23-25-35-63(57)89-67)48-62-70-60(78(84)82(80(62)86)50(4)54-31-21-16-22-32-54)46-66(72(76(70)74)71(65)75(69)73)88-56-43-39-52(40-44-56)28-18-14-12-10-8-6-2/h15-16,19-26,29-50H,5-14,17-18,27-28H2,1-4H3. The van der Waals surface area contributed by atoms with Gasteiger partial charge >= 0.3 is 0 Å². The first-order chi connectivity index (χ1) is 44.1. The summed E-state index contributed by atoms with van der Waals surface area (Å²) < 4.78 is 32.2. The molecular formula is C80H72N2O8. The second-order valence-corrected chi connectivity index (χ2v) is 24.5. The van der Waals surface area contributed by atoms with Crippen molar-refractivity contribution >= 4 is 97.7 Å². The number of pyridine rings is 2. The first kappa shape index (κ1) is 57.9. The molecular weight excluding hydrogens is 1120 g/mol. The number of benzene rings is 11. The van der Waals surface area contributed by atoms with Crippen LogP contribution in [-0.2, 0) is 12.8 Å².